The Bertz CT molecular complexity index is 378. The summed E-state index contributed by atoms with van der Waals surface area (Å²) in [6.07, 6.45) is 2.17. The van der Waals surface area contributed by atoms with Crippen molar-refractivity contribution in [1.29, 1.82) is 0 Å². The summed E-state index contributed by atoms with van der Waals surface area (Å²) in [4.78, 5) is 5.85. The number of thiol groups is 1. The molecule has 0 N–H and O–H groups in total. The summed E-state index contributed by atoms with van der Waals surface area (Å²) in [6.45, 7) is 0. The van der Waals surface area contributed by atoms with Crippen molar-refractivity contribution in [1.82, 2.24) is 4.98 Å². The molecular formula is C10H11NS3. The van der Waals surface area contributed by atoms with Crippen LogP contribution in [-0.4, -0.2) is 10.7 Å². The molecule has 0 spiro atoms. The molecule has 0 aromatic carbocycles. The predicted molar refractivity (Wildman–Crippen MR) is 67.6 cm³/mol. The van der Waals surface area contributed by atoms with Crippen molar-refractivity contribution >= 4 is 35.3 Å². The lowest BCUT2D eigenvalue weighted by Crippen LogP contribution is -1.84. The van der Waals surface area contributed by atoms with E-state index < -0.39 is 0 Å². The Labute approximate surface area is 97.2 Å². The number of hydrogen-bond acceptors (Lipinski definition) is 4. The van der Waals surface area contributed by atoms with Crippen LogP contribution in [0.2, 0.25) is 0 Å². The van der Waals surface area contributed by atoms with Crippen LogP contribution in [0.3, 0.4) is 0 Å². The SMILES string of the molecule is SCCCc1nc(-c2cccs2)cs1. The Kier molecular flexibility index (Phi) is 3.61. The van der Waals surface area contributed by atoms with E-state index in [0.717, 1.165) is 24.3 Å². The highest BCUT2D eigenvalue weighted by atomic mass is 32.1. The number of aryl methyl sites for hydroxylation is 1. The second kappa shape index (κ2) is 4.96. The van der Waals surface area contributed by atoms with Crippen LogP contribution in [0.15, 0.2) is 22.9 Å². The predicted octanol–water partition coefficient (Wildman–Crippen LogP) is 3.73. The van der Waals surface area contributed by atoms with Crippen molar-refractivity contribution in [2.75, 3.05) is 5.75 Å². The summed E-state index contributed by atoms with van der Waals surface area (Å²) < 4.78 is 0. The van der Waals surface area contributed by atoms with E-state index in [1.54, 1.807) is 22.7 Å². The molecule has 1 nitrogen and oxygen atoms in total. The molecular weight excluding hydrogens is 230 g/mol. The highest BCUT2D eigenvalue weighted by molar-refractivity contribution is 7.80. The van der Waals surface area contributed by atoms with Crippen LogP contribution in [0, 0.1) is 0 Å². The molecule has 0 radical (unpaired) electrons. The maximum atomic E-state index is 4.59. The average molecular weight is 241 g/mol. The molecule has 74 valence electrons. The fourth-order valence-electron chi connectivity index (χ4n) is 1.19. The molecule has 0 saturated heterocycles. The van der Waals surface area contributed by atoms with E-state index in [2.05, 4.69) is 40.5 Å². The zero-order valence-corrected chi connectivity index (χ0v) is 10.2. The Morgan fingerprint density at radius 3 is 3.00 bits per heavy atom. The zero-order valence-electron chi connectivity index (χ0n) is 7.64. The van der Waals surface area contributed by atoms with Crippen LogP contribution < -0.4 is 0 Å². The highest BCUT2D eigenvalue weighted by Gasteiger charge is 2.04. The van der Waals surface area contributed by atoms with Gasteiger partial charge in [-0.05, 0) is 23.6 Å². The molecule has 0 bridgehead atoms. The molecule has 4 heteroatoms. The Balaban J connectivity index is 2.10. The van der Waals surface area contributed by atoms with Gasteiger partial charge < -0.3 is 0 Å². The average Bonchev–Trinajstić information content (AvgIpc) is 2.85. The van der Waals surface area contributed by atoms with Crippen molar-refractivity contribution in [2.45, 2.75) is 12.8 Å². The molecule has 2 heterocycles. The number of hydrogen-bond donors (Lipinski definition) is 1. The fourth-order valence-corrected chi connectivity index (χ4v) is 2.95. The lowest BCUT2D eigenvalue weighted by molar-refractivity contribution is 0.923. The third-order valence-electron chi connectivity index (χ3n) is 1.87. The summed E-state index contributed by atoms with van der Waals surface area (Å²) >= 11 is 7.69. The van der Waals surface area contributed by atoms with E-state index in [1.807, 2.05) is 0 Å². The minimum Gasteiger partial charge on any atom is -0.240 e. The zero-order chi connectivity index (χ0) is 9.80. The third kappa shape index (κ3) is 2.38. The second-order valence-corrected chi connectivity index (χ2v) is 5.27. The standard InChI is InChI=1S/C10H11NS3/c12-5-1-4-10-11-8(7-14-10)9-3-2-6-13-9/h2-3,6-7,12H,1,4-5H2. The van der Waals surface area contributed by atoms with Gasteiger partial charge in [-0.15, -0.1) is 22.7 Å². The van der Waals surface area contributed by atoms with E-state index in [0.29, 0.717) is 0 Å². The van der Waals surface area contributed by atoms with Crippen molar-refractivity contribution in [3.8, 4) is 10.6 Å². The lowest BCUT2D eigenvalue weighted by atomic mass is 10.3. The summed E-state index contributed by atoms with van der Waals surface area (Å²) in [5.74, 6) is 0.938. The maximum absolute atomic E-state index is 4.59. The van der Waals surface area contributed by atoms with Gasteiger partial charge in [-0.2, -0.15) is 12.6 Å². The molecule has 0 aliphatic rings. The van der Waals surface area contributed by atoms with Crippen molar-refractivity contribution < 1.29 is 0 Å². The normalized spacial score (nSPS) is 10.6. The first-order valence-corrected chi connectivity index (χ1v) is 6.88. The molecule has 0 aliphatic heterocycles. The van der Waals surface area contributed by atoms with Crippen LogP contribution >= 0.6 is 35.3 Å². The molecule has 0 fully saturated rings. The Morgan fingerprint density at radius 1 is 1.36 bits per heavy atom. The molecule has 2 aromatic heterocycles. The minimum atomic E-state index is 0.938. The number of aromatic nitrogens is 1. The molecule has 0 amide bonds. The molecule has 0 saturated carbocycles. The van der Waals surface area contributed by atoms with E-state index in [9.17, 15) is 0 Å². The monoisotopic (exact) mass is 241 g/mol. The molecule has 0 atom stereocenters. The first-order valence-electron chi connectivity index (χ1n) is 4.49. The molecule has 2 aromatic rings. The van der Waals surface area contributed by atoms with Gasteiger partial charge in [-0.3, -0.25) is 0 Å². The maximum Gasteiger partial charge on any atom is 0.0933 e. The number of thiophene rings is 1. The lowest BCUT2D eigenvalue weighted by Gasteiger charge is -1.91. The number of thiazole rings is 1. The van der Waals surface area contributed by atoms with E-state index in [-0.39, 0.29) is 0 Å². The fraction of sp³-hybridized carbons (Fsp3) is 0.300. The van der Waals surface area contributed by atoms with Gasteiger partial charge in [-0.25, -0.2) is 4.98 Å². The first-order chi connectivity index (χ1) is 6.90. The Hall–Kier alpha value is -0.320. The topological polar surface area (TPSA) is 12.9 Å². The number of nitrogens with zero attached hydrogens (tertiary/aromatic N) is 1. The van der Waals surface area contributed by atoms with Crippen LogP contribution in [0.4, 0.5) is 0 Å². The van der Waals surface area contributed by atoms with Crippen molar-refractivity contribution in [3.05, 3.63) is 27.9 Å². The van der Waals surface area contributed by atoms with E-state index >= 15 is 0 Å². The van der Waals surface area contributed by atoms with Gasteiger partial charge in [-0.1, -0.05) is 6.07 Å². The van der Waals surface area contributed by atoms with Gasteiger partial charge in [0, 0.05) is 11.8 Å². The molecule has 2 rings (SSSR count). The van der Waals surface area contributed by atoms with Crippen LogP contribution in [-0.2, 0) is 6.42 Å². The van der Waals surface area contributed by atoms with Gasteiger partial charge in [0.2, 0.25) is 0 Å². The smallest absolute Gasteiger partial charge is 0.0933 e. The van der Waals surface area contributed by atoms with E-state index in [4.69, 9.17) is 0 Å². The Morgan fingerprint density at radius 2 is 2.29 bits per heavy atom. The van der Waals surface area contributed by atoms with Crippen molar-refractivity contribution in [3.63, 3.8) is 0 Å². The third-order valence-corrected chi connectivity index (χ3v) is 3.99. The summed E-state index contributed by atoms with van der Waals surface area (Å²) in [5.41, 5.74) is 1.12. The summed E-state index contributed by atoms with van der Waals surface area (Å²) in [7, 11) is 0. The molecule has 0 unspecified atom stereocenters. The second-order valence-electron chi connectivity index (χ2n) is 2.93. The summed E-state index contributed by atoms with van der Waals surface area (Å²) in [6, 6.07) is 4.18. The van der Waals surface area contributed by atoms with Crippen molar-refractivity contribution in [2.24, 2.45) is 0 Å². The van der Waals surface area contributed by atoms with Crippen LogP contribution in [0.5, 0.6) is 0 Å². The van der Waals surface area contributed by atoms with E-state index in [1.165, 1.54) is 9.88 Å². The van der Waals surface area contributed by atoms with Gasteiger partial charge in [0.25, 0.3) is 0 Å². The number of rotatable bonds is 4. The van der Waals surface area contributed by atoms with Crippen LogP contribution in [0.1, 0.15) is 11.4 Å². The summed E-state index contributed by atoms with van der Waals surface area (Å²) in [5, 5.41) is 5.45. The quantitative estimate of drug-likeness (QED) is 0.805. The van der Waals surface area contributed by atoms with Gasteiger partial charge in [0.15, 0.2) is 0 Å². The van der Waals surface area contributed by atoms with Gasteiger partial charge in [0.1, 0.15) is 0 Å². The van der Waals surface area contributed by atoms with Gasteiger partial charge >= 0.3 is 0 Å². The first kappa shape index (κ1) is 10.2. The van der Waals surface area contributed by atoms with Gasteiger partial charge in [0.05, 0.1) is 15.6 Å². The molecule has 14 heavy (non-hydrogen) atoms. The molecule has 0 aliphatic carbocycles. The highest BCUT2D eigenvalue weighted by Crippen LogP contribution is 2.26. The van der Waals surface area contributed by atoms with Crippen LogP contribution in [0.25, 0.3) is 10.6 Å². The minimum absolute atomic E-state index is 0.938. The largest absolute Gasteiger partial charge is 0.240 e.